The molecule has 0 atom stereocenters. The van der Waals surface area contributed by atoms with Gasteiger partial charge >= 0.3 is 0 Å². The molecule has 2 aliphatic rings. The fourth-order valence-corrected chi connectivity index (χ4v) is 4.05. The van der Waals surface area contributed by atoms with Gasteiger partial charge in [-0.2, -0.15) is 0 Å². The van der Waals surface area contributed by atoms with Crippen LogP contribution in [0.1, 0.15) is 50.6 Å². The summed E-state index contributed by atoms with van der Waals surface area (Å²) >= 11 is 0. The van der Waals surface area contributed by atoms with Crippen LogP contribution in [-0.2, 0) is 0 Å². The van der Waals surface area contributed by atoms with E-state index in [1.807, 2.05) is 0 Å². The zero-order chi connectivity index (χ0) is 16.5. The lowest BCUT2D eigenvalue weighted by Gasteiger charge is -2.22. The van der Waals surface area contributed by atoms with Crippen molar-refractivity contribution in [3.8, 4) is 5.75 Å². The van der Waals surface area contributed by atoms with Crippen molar-refractivity contribution in [1.29, 1.82) is 0 Å². The third-order valence-corrected chi connectivity index (χ3v) is 5.55. The zero-order valence-corrected chi connectivity index (χ0v) is 15.0. The van der Waals surface area contributed by atoms with Crippen LogP contribution in [0.4, 0.5) is 5.82 Å². The van der Waals surface area contributed by atoms with E-state index in [1.165, 1.54) is 50.8 Å². The van der Waals surface area contributed by atoms with Gasteiger partial charge in [0.25, 0.3) is 0 Å². The van der Waals surface area contributed by atoms with Crippen LogP contribution in [0, 0.1) is 18.8 Å². The van der Waals surface area contributed by atoms with Gasteiger partial charge in [-0.15, -0.1) is 0 Å². The molecule has 2 aromatic rings. The van der Waals surface area contributed by atoms with Crippen LogP contribution in [0.2, 0.25) is 0 Å². The van der Waals surface area contributed by atoms with Crippen molar-refractivity contribution in [1.82, 2.24) is 9.38 Å². The number of imidazole rings is 1. The molecule has 0 N–H and O–H groups in total. The molecule has 24 heavy (non-hydrogen) atoms. The second-order valence-electron chi connectivity index (χ2n) is 7.73. The molecule has 0 aromatic carbocycles. The summed E-state index contributed by atoms with van der Waals surface area (Å²) in [4.78, 5) is 7.18. The minimum atomic E-state index is 0.715. The summed E-state index contributed by atoms with van der Waals surface area (Å²) in [5.74, 6) is 3.72. The Bertz CT molecular complexity index is 698. The monoisotopic (exact) mass is 327 g/mol. The van der Waals surface area contributed by atoms with E-state index in [-0.39, 0.29) is 0 Å². The number of pyridine rings is 1. The van der Waals surface area contributed by atoms with Crippen LogP contribution in [-0.4, -0.2) is 29.6 Å². The molecule has 0 aliphatic heterocycles. The Labute approximate surface area is 144 Å². The lowest BCUT2D eigenvalue weighted by Crippen LogP contribution is -2.22. The SMILES string of the molecule is Cc1nc2c(OCC3CCCCC3)cccn2c1N(C)CC1CC1. The summed E-state index contributed by atoms with van der Waals surface area (Å²) in [5.41, 5.74) is 2.05. The molecule has 2 saturated carbocycles. The van der Waals surface area contributed by atoms with Crippen LogP contribution in [0.15, 0.2) is 18.3 Å². The number of nitrogens with zero attached hydrogens (tertiary/aromatic N) is 3. The highest BCUT2D eigenvalue weighted by Crippen LogP contribution is 2.33. The van der Waals surface area contributed by atoms with E-state index in [0.717, 1.165) is 36.2 Å². The summed E-state index contributed by atoms with van der Waals surface area (Å²) < 4.78 is 8.40. The number of ether oxygens (including phenoxy) is 1. The average molecular weight is 327 g/mol. The highest BCUT2D eigenvalue weighted by Gasteiger charge is 2.25. The van der Waals surface area contributed by atoms with Crippen LogP contribution < -0.4 is 9.64 Å². The topological polar surface area (TPSA) is 29.8 Å². The van der Waals surface area contributed by atoms with Crippen molar-refractivity contribution < 1.29 is 4.74 Å². The van der Waals surface area contributed by atoms with E-state index in [0.29, 0.717) is 5.92 Å². The molecule has 0 saturated heterocycles. The Hall–Kier alpha value is -1.71. The van der Waals surface area contributed by atoms with Crippen molar-refractivity contribution in [2.45, 2.75) is 51.9 Å². The molecule has 0 unspecified atom stereocenters. The molecule has 4 heteroatoms. The summed E-state index contributed by atoms with van der Waals surface area (Å²) in [5, 5.41) is 0. The molecular formula is C20H29N3O. The molecule has 0 radical (unpaired) electrons. The second kappa shape index (κ2) is 6.66. The molecular weight excluding hydrogens is 298 g/mol. The van der Waals surface area contributed by atoms with Crippen molar-refractivity contribution in [2.24, 2.45) is 11.8 Å². The normalized spacial score (nSPS) is 18.9. The first-order valence-electron chi connectivity index (χ1n) is 9.54. The fraction of sp³-hybridized carbons (Fsp3) is 0.650. The van der Waals surface area contributed by atoms with Gasteiger partial charge in [-0.1, -0.05) is 19.3 Å². The smallest absolute Gasteiger partial charge is 0.181 e. The molecule has 2 fully saturated rings. The molecule has 2 aliphatic carbocycles. The first kappa shape index (κ1) is 15.8. The molecule has 0 bridgehead atoms. The predicted octanol–water partition coefficient (Wildman–Crippen LogP) is 4.45. The van der Waals surface area contributed by atoms with Gasteiger partial charge in [-0.3, -0.25) is 4.40 Å². The fourth-order valence-electron chi connectivity index (χ4n) is 4.05. The quantitative estimate of drug-likeness (QED) is 0.785. The first-order chi connectivity index (χ1) is 11.7. The van der Waals surface area contributed by atoms with Gasteiger partial charge in [-0.05, 0) is 56.6 Å². The maximum Gasteiger partial charge on any atom is 0.181 e. The molecule has 4 nitrogen and oxygen atoms in total. The lowest BCUT2D eigenvalue weighted by atomic mass is 9.90. The molecule has 130 valence electrons. The van der Waals surface area contributed by atoms with Gasteiger partial charge in [0, 0.05) is 19.8 Å². The van der Waals surface area contributed by atoms with Crippen molar-refractivity contribution in [2.75, 3.05) is 25.1 Å². The summed E-state index contributed by atoms with van der Waals surface area (Å²) in [6, 6.07) is 4.15. The van der Waals surface area contributed by atoms with E-state index < -0.39 is 0 Å². The van der Waals surface area contributed by atoms with Crippen LogP contribution >= 0.6 is 0 Å². The van der Waals surface area contributed by atoms with Gasteiger partial charge in [0.1, 0.15) is 5.82 Å². The van der Waals surface area contributed by atoms with Gasteiger partial charge in [0.15, 0.2) is 11.4 Å². The first-order valence-corrected chi connectivity index (χ1v) is 9.54. The van der Waals surface area contributed by atoms with Crippen LogP contribution in [0.25, 0.3) is 5.65 Å². The van der Waals surface area contributed by atoms with Crippen molar-refractivity contribution in [3.63, 3.8) is 0 Å². The Kier molecular flexibility index (Phi) is 4.38. The zero-order valence-electron chi connectivity index (χ0n) is 15.0. The van der Waals surface area contributed by atoms with Crippen LogP contribution in [0.3, 0.4) is 0 Å². The maximum atomic E-state index is 6.20. The molecule has 2 heterocycles. The Morgan fingerprint density at radius 1 is 1.17 bits per heavy atom. The van der Waals surface area contributed by atoms with E-state index >= 15 is 0 Å². The number of hydrogen-bond donors (Lipinski definition) is 0. The number of aryl methyl sites for hydroxylation is 1. The predicted molar refractivity (Wildman–Crippen MR) is 98.0 cm³/mol. The summed E-state index contributed by atoms with van der Waals surface area (Å²) in [6.45, 7) is 4.07. The molecule has 0 spiro atoms. The van der Waals surface area contributed by atoms with Gasteiger partial charge in [0.05, 0.1) is 12.3 Å². The second-order valence-corrected chi connectivity index (χ2v) is 7.73. The number of anilines is 1. The Morgan fingerprint density at radius 2 is 1.96 bits per heavy atom. The van der Waals surface area contributed by atoms with Gasteiger partial charge < -0.3 is 9.64 Å². The van der Waals surface area contributed by atoms with Gasteiger partial charge in [-0.25, -0.2) is 4.98 Å². The third kappa shape index (κ3) is 3.24. The Balaban J connectivity index is 1.55. The highest BCUT2D eigenvalue weighted by atomic mass is 16.5. The van der Waals surface area contributed by atoms with E-state index in [1.54, 1.807) is 0 Å². The third-order valence-electron chi connectivity index (χ3n) is 5.55. The van der Waals surface area contributed by atoms with Crippen molar-refractivity contribution >= 4 is 11.5 Å². The number of aromatic nitrogens is 2. The number of rotatable bonds is 6. The summed E-state index contributed by atoms with van der Waals surface area (Å²) in [7, 11) is 2.18. The van der Waals surface area contributed by atoms with E-state index in [2.05, 4.69) is 41.6 Å². The van der Waals surface area contributed by atoms with E-state index in [9.17, 15) is 0 Å². The highest BCUT2D eigenvalue weighted by molar-refractivity contribution is 5.63. The maximum absolute atomic E-state index is 6.20. The summed E-state index contributed by atoms with van der Waals surface area (Å²) in [6.07, 6.45) is 11.6. The van der Waals surface area contributed by atoms with Crippen molar-refractivity contribution in [3.05, 3.63) is 24.0 Å². The minimum Gasteiger partial charge on any atom is -0.489 e. The average Bonchev–Trinajstić information content (AvgIpc) is 3.33. The van der Waals surface area contributed by atoms with E-state index in [4.69, 9.17) is 9.72 Å². The molecule has 0 amide bonds. The van der Waals surface area contributed by atoms with Crippen LogP contribution in [0.5, 0.6) is 5.75 Å². The standard InChI is InChI=1S/C20H29N3O/c1-15-20(22(2)13-16-10-11-16)23-12-6-9-18(19(23)21-15)24-14-17-7-4-3-5-8-17/h6,9,12,16-17H,3-5,7-8,10-11,13-14H2,1-2H3. The van der Waals surface area contributed by atoms with Gasteiger partial charge in [0.2, 0.25) is 0 Å². The minimum absolute atomic E-state index is 0.715. The number of fused-ring (bicyclic) bond motifs is 1. The molecule has 2 aromatic heterocycles. The number of hydrogen-bond acceptors (Lipinski definition) is 3. The Morgan fingerprint density at radius 3 is 2.71 bits per heavy atom. The molecule has 4 rings (SSSR count). The largest absolute Gasteiger partial charge is 0.489 e. The lowest BCUT2D eigenvalue weighted by molar-refractivity contribution is 0.210.